The molecule has 0 aromatic heterocycles. The van der Waals surface area contributed by atoms with Gasteiger partial charge in [0.1, 0.15) is 0 Å². The van der Waals surface area contributed by atoms with E-state index in [4.69, 9.17) is 5.73 Å². The van der Waals surface area contributed by atoms with Gasteiger partial charge in [0.05, 0.1) is 12.1 Å². The molecule has 0 spiro atoms. The highest BCUT2D eigenvalue weighted by Gasteiger charge is 2.31. The number of carbonyl (C=O) groups is 2. The number of rotatable bonds is 5. The maximum absolute atomic E-state index is 12.4. The molecule has 6 nitrogen and oxygen atoms in total. The third kappa shape index (κ3) is 3.98. The van der Waals surface area contributed by atoms with Crippen molar-refractivity contribution < 1.29 is 9.59 Å². The Kier molecular flexibility index (Phi) is 6.20. The Bertz CT molecular complexity index is 388. The van der Waals surface area contributed by atoms with Gasteiger partial charge >= 0.3 is 0 Å². The first-order valence-electron chi connectivity index (χ1n) is 8.61. The Morgan fingerprint density at radius 2 is 1.50 bits per heavy atom. The van der Waals surface area contributed by atoms with Gasteiger partial charge in [0.2, 0.25) is 11.8 Å². The largest absolute Gasteiger partial charge is 0.341 e. The summed E-state index contributed by atoms with van der Waals surface area (Å²) < 4.78 is 0. The second-order valence-electron chi connectivity index (χ2n) is 6.46. The zero-order valence-corrected chi connectivity index (χ0v) is 14.0. The normalized spacial score (nSPS) is 22.7. The predicted molar refractivity (Wildman–Crippen MR) is 86.3 cm³/mol. The fourth-order valence-electron chi connectivity index (χ4n) is 3.36. The van der Waals surface area contributed by atoms with Crippen molar-refractivity contribution in [1.29, 1.82) is 0 Å². The second kappa shape index (κ2) is 7.92. The Morgan fingerprint density at radius 3 is 2.05 bits per heavy atom. The number of hydrogen-bond donors (Lipinski definition) is 1. The highest BCUT2D eigenvalue weighted by atomic mass is 16.2. The molecule has 0 aromatic rings. The number of carbonyl (C=O) groups excluding carboxylic acids is 2. The molecule has 2 fully saturated rings. The van der Waals surface area contributed by atoms with E-state index in [1.807, 2.05) is 23.6 Å². The van der Waals surface area contributed by atoms with Crippen LogP contribution in [0, 0.1) is 0 Å². The van der Waals surface area contributed by atoms with Crippen LogP contribution < -0.4 is 5.73 Å². The highest BCUT2D eigenvalue weighted by Crippen LogP contribution is 2.14. The van der Waals surface area contributed by atoms with E-state index in [-0.39, 0.29) is 23.9 Å². The van der Waals surface area contributed by atoms with Crippen molar-refractivity contribution in [1.82, 2.24) is 14.7 Å². The number of hydrogen-bond acceptors (Lipinski definition) is 4. The SMILES string of the molecule is CCCC(N)C(=O)N1CCN(C(C)C(=O)N2CCCC2)CC1. The lowest BCUT2D eigenvalue weighted by atomic mass is 10.1. The molecule has 2 amide bonds. The molecule has 2 saturated heterocycles. The van der Waals surface area contributed by atoms with Crippen LogP contribution in [0.3, 0.4) is 0 Å². The van der Waals surface area contributed by atoms with Crippen molar-refractivity contribution in [2.45, 2.75) is 51.6 Å². The van der Waals surface area contributed by atoms with E-state index in [1.165, 1.54) is 0 Å². The van der Waals surface area contributed by atoms with Crippen molar-refractivity contribution in [2.75, 3.05) is 39.3 Å². The fourth-order valence-corrected chi connectivity index (χ4v) is 3.36. The molecule has 0 aromatic carbocycles. The molecule has 0 saturated carbocycles. The maximum Gasteiger partial charge on any atom is 0.239 e. The summed E-state index contributed by atoms with van der Waals surface area (Å²) in [6.07, 6.45) is 3.91. The second-order valence-corrected chi connectivity index (χ2v) is 6.46. The van der Waals surface area contributed by atoms with Crippen LogP contribution in [0.5, 0.6) is 0 Å². The Morgan fingerprint density at radius 1 is 0.955 bits per heavy atom. The van der Waals surface area contributed by atoms with E-state index in [0.717, 1.165) is 51.9 Å². The summed E-state index contributed by atoms with van der Waals surface area (Å²) >= 11 is 0. The quantitative estimate of drug-likeness (QED) is 0.791. The molecular weight excluding hydrogens is 280 g/mol. The average Bonchev–Trinajstić information content (AvgIpc) is 3.07. The monoisotopic (exact) mass is 310 g/mol. The zero-order chi connectivity index (χ0) is 16.1. The Hall–Kier alpha value is -1.14. The van der Waals surface area contributed by atoms with E-state index < -0.39 is 0 Å². The maximum atomic E-state index is 12.4. The van der Waals surface area contributed by atoms with Gasteiger partial charge in [-0.15, -0.1) is 0 Å². The van der Waals surface area contributed by atoms with Gasteiger partial charge < -0.3 is 15.5 Å². The van der Waals surface area contributed by atoms with Gasteiger partial charge in [-0.25, -0.2) is 0 Å². The van der Waals surface area contributed by atoms with Crippen molar-refractivity contribution in [3.8, 4) is 0 Å². The molecule has 2 N–H and O–H groups in total. The summed E-state index contributed by atoms with van der Waals surface area (Å²) in [6, 6.07) is -0.458. The molecule has 2 aliphatic heterocycles. The van der Waals surface area contributed by atoms with Crippen LogP contribution in [0.1, 0.15) is 39.5 Å². The van der Waals surface area contributed by atoms with Gasteiger partial charge in [-0.1, -0.05) is 13.3 Å². The molecule has 2 aliphatic rings. The van der Waals surface area contributed by atoms with Crippen molar-refractivity contribution in [3.05, 3.63) is 0 Å². The first kappa shape index (κ1) is 17.2. The molecule has 0 aliphatic carbocycles. The number of amides is 2. The van der Waals surface area contributed by atoms with Gasteiger partial charge in [-0.3, -0.25) is 14.5 Å². The van der Waals surface area contributed by atoms with E-state index in [9.17, 15) is 9.59 Å². The van der Waals surface area contributed by atoms with Crippen molar-refractivity contribution >= 4 is 11.8 Å². The highest BCUT2D eigenvalue weighted by molar-refractivity contribution is 5.82. The number of piperazine rings is 1. The summed E-state index contributed by atoms with van der Waals surface area (Å²) in [5, 5.41) is 0. The Labute approximate surface area is 133 Å². The molecular formula is C16H30N4O2. The summed E-state index contributed by atoms with van der Waals surface area (Å²) in [7, 11) is 0. The lowest BCUT2D eigenvalue weighted by molar-refractivity contribution is -0.138. The van der Waals surface area contributed by atoms with Crippen molar-refractivity contribution in [3.63, 3.8) is 0 Å². The number of nitrogens with zero attached hydrogens (tertiary/aromatic N) is 3. The zero-order valence-electron chi connectivity index (χ0n) is 14.0. The summed E-state index contributed by atoms with van der Waals surface area (Å²) in [4.78, 5) is 30.7. The molecule has 2 heterocycles. The van der Waals surface area contributed by atoms with Gasteiger partial charge in [-0.05, 0) is 26.2 Å². The lowest BCUT2D eigenvalue weighted by Gasteiger charge is -2.39. The minimum Gasteiger partial charge on any atom is -0.341 e. The lowest BCUT2D eigenvalue weighted by Crippen LogP contribution is -2.57. The molecule has 126 valence electrons. The van der Waals surface area contributed by atoms with Crippen LogP contribution in [0.25, 0.3) is 0 Å². The molecule has 22 heavy (non-hydrogen) atoms. The molecule has 0 bridgehead atoms. The topological polar surface area (TPSA) is 69.9 Å². The van der Waals surface area contributed by atoms with Gasteiger partial charge in [0.15, 0.2) is 0 Å². The smallest absolute Gasteiger partial charge is 0.239 e. The van der Waals surface area contributed by atoms with Gasteiger partial charge in [-0.2, -0.15) is 0 Å². The molecule has 2 unspecified atom stereocenters. The standard InChI is InChI=1S/C16H30N4O2/c1-3-6-14(17)16(22)20-11-9-18(10-12-20)13(2)15(21)19-7-4-5-8-19/h13-14H,3-12,17H2,1-2H3. The van der Waals surface area contributed by atoms with E-state index in [0.29, 0.717) is 13.1 Å². The van der Waals surface area contributed by atoms with Crippen LogP contribution >= 0.6 is 0 Å². The molecule has 6 heteroatoms. The van der Waals surface area contributed by atoms with Crippen LogP contribution in [-0.2, 0) is 9.59 Å². The third-order valence-corrected chi connectivity index (χ3v) is 4.87. The predicted octanol–water partition coefficient (Wildman–Crippen LogP) is 0.269. The van der Waals surface area contributed by atoms with Crippen LogP contribution in [0.15, 0.2) is 0 Å². The molecule has 2 rings (SSSR count). The third-order valence-electron chi connectivity index (χ3n) is 4.87. The Balaban J connectivity index is 1.81. The van der Waals surface area contributed by atoms with Crippen LogP contribution in [-0.4, -0.2) is 77.9 Å². The minimum absolute atomic E-state index is 0.0556. The first-order chi connectivity index (χ1) is 10.5. The molecule has 2 atom stereocenters. The van der Waals surface area contributed by atoms with Gasteiger partial charge in [0, 0.05) is 39.3 Å². The summed E-state index contributed by atoms with van der Waals surface area (Å²) in [5.41, 5.74) is 5.92. The van der Waals surface area contributed by atoms with Crippen LogP contribution in [0.4, 0.5) is 0 Å². The molecule has 0 radical (unpaired) electrons. The van der Waals surface area contributed by atoms with Crippen molar-refractivity contribution in [2.24, 2.45) is 5.73 Å². The minimum atomic E-state index is -0.375. The van der Waals surface area contributed by atoms with Crippen LogP contribution in [0.2, 0.25) is 0 Å². The van der Waals surface area contributed by atoms with Gasteiger partial charge in [0.25, 0.3) is 0 Å². The number of nitrogens with two attached hydrogens (primary N) is 1. The average molecular weight is 310 g/mol. The number of likely N-dealkylation sites (tertiary alicyclic amines) is 1. The summed E-state index contributed by atoms with van der Waals surface area (Å²) in [6.45, 7) is 8.68. The van der Waals surface area contributed by atoms with E-state index in [2.05, 4.69) is 4.90 Å². The van der Waals surface area contributed by atoms with E-state index >= 15 is 0 Å². The van der Waals surface area contributed by atoms with E-state index in [1.54, 1.807) is 0 Å². The summed E-state index contributed by atoms with van der Waals surface area (Å²) in [5.74, 6) is 0.292. The first-order valence-corrected chi connectivity index (χ1v) is 8.61. The fraction of sp³-hybridized carbons (Fsp3) is 0.875.